The van der Waals surface area contributed by atoms with Crippen molar-refractivity contribution in [2.45, 2.75) is 12.4 Å². The number of halogens is 6. The van der Waals surface area contributed by atoms with Crippen LogP contribution in [0.1, 0.15) is 11.1 Å². The van der Waals surface area contributed by atoms with Crippen LogP contribution in [-0.2, 0) is 12.4 Å². The number of nitrogens with one attached hydrogen (secondary N) is 2. The molecule has 1 aromatic rings. The van der Waals surface area contributed by atoms with E-state index in [-0.39, 0.29) is 5.17 Å². The molecule has 11 heteroatoms. The zero-order valence-corrected chi connectivity index (χ0v) is 12.0. The largest absolute Gasteiger partial charge is 0.418 e. The van der Waals surface area contributed by atoms with E-state index in [4.69, 9.17) is 0 Å². The fourth-order valence-electron chi connectivity index (χ4n) is 1.82. The number of urea groups is 1. The summed E-state index contributed by atoms with van der Waals surface area (Å²) in [5, 5.41) is 4.41. The van der Waals surface area contributed by atoms with Gasteiger partial charge in [-0.25, -0.2) is 4.79 Å². The second-order valence-electron chi connectivity index (χ2n) is 4.35. The minimum Gasteiger partial charge on any atom is -0.364 e. The number of anilines is 1. The van der Waals surface area contributed by atoms with Gasteiger partial charge in [0.2, 0.25) is 0 Å². The Kier molecular flexibility index (Phi) is 4.78. The van der Waals surface area contributed by atoms with Gasteiger partial charge in [0.25, 0.3) is 0 Å². The average molecular weight is 357 g/mol. The van der Waals surface area contributed by atoms with E-state index in [9.17, 15) is 31.1 Å². The Hall–Kier alpha value is -1.91. The first-order chi connectivity index (χ1) is 10.6. The van der Waals surface area contributed by atoms with Gasteiger partial charge >= 0.3 is 18.4 Å². The van der Waals surface area contributed by atoms with Crippen molar-refractivity contribution in [3.63, 3.8) is 0 Å². The first-order valence-corrected chi connectivity index (χ1v) is 7.11. The molecule has 0 unspecified atom stereocenters. The third-order valence-corrected chi connectivity index (χ3v) is 3.64. The lowest BCUT2D eigenvalue weighted by molar-refractivity contribution is -0.141. The van der Waals surface area contributed by atoms with Gasteiger partial charge < -0.3 is 10.6 Å². The Morgan fingerprint density at radius 2 is 1.70 bits per heavy atom. The van der Waals surface area contributed by atoms with Crippen LogP contribution in [0.2, 0.25) is 0 Å². The number of benzene rings is 1. The summed E-state index contributed by atoms with van der Waals surface area (Å²) in [7, 11) is 0. The van der Waals surface area contributed by atoms with Crippen molar-refractivity contribution in [1.29, 1.82) is 0 Å². The van der Waals surface area contributed by atoms with Gasteiger partial charge in [-0.2, -0.15) is 31.3 Å². The van der Waals surface area contributed by atoms with Crippen LogP contribution in [0.3, 0.4) is 0 Å². The lowest BCUT2D eigenvalue weighted by atomic mass is 10.1. The number of amidine groups is 1. The standard InChI is InChI=1S/C12H9F6N3OS/c13-11(14,15)6-2-1-3-7(12(16,17)18)8(6)20-9(22)21-10-19-4-5-23-10/h1-3H,4-5H2,(H2,19,20,21,22). The van der Waals surface area contributed by atoms with Gasteiger partial charge in [0.05, 0.1) is 16.8 Å². The Labute approximate surface area is 130 Å². The smallest absolute Gasteiger partial charge is 0.364 e. The monoisotopic (exact) mass is 357 g/mol. The molecule has 1 aliphatic rings. The predicted molar refractivity (Wildman–Crippen MR) is 73.4 cm³/mol. The third-order valence-electron chi connectivity index (χ3n) is 2.73. The summed E-state index contributed by atoms with van der Waals surface area (Å²) in [6.07, 6.45) is -10.1. The number of amides is 2. The van der Waals surface area contributed by atoms with Crippen LogP contribution in [0.5, 0.6) is 0 Å². The van der Waals surface area contributed by atoms with Crippen molar-refractivity contribution in [1.82, 2.24) is 5.32 Å². The van der Waals surface area contributed by atoms with E-state index < -0.39 is 35.2 Å². The SMILES string of the molecule is O=C(N=C1NCCS1)Nc1c(C(F)(F)F)cccc1C(F)(F)F. The highest BCUT2D eigenvalue weighted by Crippen LogP contribution is 2.42. The predicted octanol–water partition coefficient (Wildman–Crippen LogP) is 3.95. The molecule has 0 bridgehead atoms. The molecule has 0 spiro atoms. The van der Waals surface area contributed by atoms with Crippen molar-refractivity contribution in [3.05, 3.63) is 29.3 Å². The van der Waals surface area contributed by atoms with Gasteiger partial charge in [-0.05, 0) is 12.1 Å². The number of carbonyl (C=O) groups excluding carboxylic acids is 1. The Bertz CT molecular complexity index is 600. The maximum absolute atomic E-state index is 12.9. The molecule has 0 saturated carbocycles. The second-order valence-corrected chi connectivity index (χ2v) is 5.43. The molecule has 4 nitrogen and oxygen atoms in total. The molecule has 0 aromatic heterocycles. The minimum atomic E-state index is -5.06. The molecule has 0 aliphatic carbocycles. The maximum atomic E-state index is 12.9. The highest BCUT2D eigenvalue weighted by atomic mass is 32.2. The number of hydrogen-bond donors (Lipinski definition) is 2. The molecule has 0 radical (unpaired) electrons. The van der Waals surface area contributed by atoms with Gasteiger partial charge in [-0.15, -0.1) is 0 Å². The van der Waals surface area contributed by atoms with Gasteiger partial charge in [0.1, 0.15) is 0 Å². The number of hydrogen-bond acceptors (Lipinski definition) is 2. The van der Waals surface area contributed by atoms with Crippen LogP contribution in [0.15, 0.2) is 23.2 Å². The van der Waals surface area contributed by atoms with Crippen LogP contribution in [0, 0.1) is 0 Å². The normalized spacial score (nSPS) is 17.2. The zero-order valence-electron chi connectivity index (χ0n) is 11.2. The molecule has 1 aliphatic heterocycles. The quantitative estimate of drug-likeness (QED) is 0.749. The number of carbonyl (C=O) groups is 1. The first kappa shape index (κ1) is 17.4. The third kappa shape index (κ3) is 4.30. The number of thioether (sulfide) groups is 1. The molecule has 1 heterocycles. The van der Waals surface area contributed by atoms with Crippen LogP contribution in [-0.4, -0.2) is 23.5 Å². The van der Waals surface area contributed by atoms with Crippen molar-refractivity contribution >= 4 is 28.6 Å². The van der Waals surface area contributed by atoms with E-state index in [0.717, 1.165) is 11.8 Å². The summed E-state index contributed by atoms with van der Waals surface area (Å²) in [4.78, 5) is 15.0. The number of para-hydroxylation sites is 1. The van der Waals surface area contributed by atoms with Crippen molar-refractivity contribution in [2.24, 2.45) is 4.99 Å². The number of aliphatic imine (C=N–C) groups is 1. The Morgan fingerprint density at radius 1 is 1.13 bits per heavy atom. The fourth-order valence-corrected chi connectivity index (χ4v) is 2.56. The fraction of sp³-hybridized carbons (Fsp3) is 0.333. The summed E-state index contributed by atoms with van der Waals surface area (Å²) < 4.78 is 77.4. The highest BCUT2D eigenvalue weighted by Gasteiger charge is 2.41. The van der Waals surface area contributed by atoms with Crippen LogP contribution >= 0.6 is 11.8 Å². The summed E-state index contributed by atoms with van der Waals surface area (Å²) in [5.74, 6) is 0.596. The van der Waals surface area contributed by atoms with Crippen molar-refractivity contribution in [2.75, 3.05) is 17.6 Å². The molecular weight excluding hydrogens is 348 g/mol. The van der Waals surface area contributed by atoms with Crippen LogP contribution < -0.4 is 10.6 Å². The van der Waals surface area contributed by atoms with Crippen LogP contribution in [0.4, 0.5) is 36.8 Å². The summed E-state index contributed by atoms with van der Waals surface area (Å²) in [6, 6.07) is 0.229. The Morgan fingerprint density at radius 3 is 2.13 bits per heavy atom. The molecular formula is C12H9F6N3OS. The molecule has 2 amide bonds. The molecule has 2 N–H and O–H groups in total. The summed E-state index contributed by atoms with van der Waals surface area (Å²) in [5.41, 5.74) is -4.54. The van der Waals surface area contributed by atoms with Gasteiger partial charge in [0, 0.05) is 12.3 Å². The number of nitrogens with zero attached hydrogens (tertiary/aromatic N) is 1. The molecule has 2 rings (SSSR count). The first-order valence-electron chi connectivity index (χ1n) is 6.13. The lowest BCUT2D eigenvalue weighted by Gasteiger charge is -2.18. The maximum Gasteiger partial charge on any atom is 0.418 e. The summed E-state index contributed by atoms with van der Waals surface area (Å²) >= 11 is 1.13. The van der Waals surface area contributed by atoms with Crippen LogP contribution in [0.25, 0.3) is 0 Å². The number of alkyl halides is 6. The van der Waals surface area contributed by atoms with E-state index in [1.165, 1.54) is 0 Å². The summed E-state index contributed by atoms with van der Waals surface area (Å²) in [6.45, 7) is 0.504. The molecule has 1 saturated heterocycles. The molecule has 1 fully saturated rings. The van der Waals surface area contributed by atoms with E-state index >= 15 is 0 Å². The van der Waals surface area contributed by atoms with E-state index in [2.05, 4.69) is 10.3 Å². The zero-order chi connectivity index (χ0) is 17.3. The molecule has 23 heavy (non-hydrogen) atoms. The van der Waals surface area contributed by atoms with Gasteiger partial charge in [-0.3, -0.25) is 0 Å². The van der Waals surface area contributed by atoms with Crippen molar-refractivity contribution in [3.8, 4) is 0 Å². The Balaban J connectivity index is 2.42. The second kappa shape index (κ2) is 6.30. The molecule has 126 valence electrons. The van der Waals surface area contributed by atoms with E-state index in [0.29, 0.717) is 30.5 Å². The average Bonchev–Trinajstić information content (AvgIpc) is 2.89. The lowest BCUT2D eigenvalue weighted by Crippen LogP contribution is -2.21. The topological polar surface area (TPSA) is 53.5 Å². The molecule has 1 aromatic carbocycles. The highest BCUT2D eigenvalue weighted by molar-refractivity contribution is 8.14. The van der Waals surface area contributed by atoms with Crippen molar-refractivity contribution < 1.29 is 31.1 Å². The molecule has 0 atom stereocenters. The minimum absolute atomic E-state index is 0.139. The van der Waals surface area contributed by atoms with E-state index in [1.807, 2.05) is 0 Å². The van der Waals surface area contributed by atoms with E-state index in [1.54, 1.807) is 5.32 Å². The number of rotatable bonds is 1. The van der Waals surface area contributed by atoms with Gasteiger partial charge in [-0.1, -0.05) is 17.8 Å². The van der Waals surface area contributed by atoms with Gasteiger partial charge in [0.15, 0.2) is 5.17 Å².